The SMILES string of the molecule is CCCNc1ncnc(Nc2cccc(SC)c2)c1CC. The van der Waals surface area contributed by atoms with Crippen LogP contribution in [0.1, 0.15) is 25.8 Å². The first-order valence-electron chi connectivity index (χ1n) is 7.27. The van der Waals surface area contributed by atoms with Crippen molar-refractivity contribution in [1.29, 1.82) is 0 Å². The molecule has 0 aliphatic carbocycles. The predicted octanol–water partition coefficient (Wildman–Crippen LogP) is 4.33. The first-order chi connectivity index (χ1) is 10.3. The van der Waals surface area contributed by atoms with Crippen molar-refractivity contribution in [3.05, 3.63) is 36.2 Å². The molecular weight excluding hydrogens is 280 g/mol. The van der Waals surface area contributed by atoms with E-state index in [2.05, 4.69) is 65.0 Å². The zero-order valence-corrected chi connectivity index (χ0v) is 13.6. The van der Waals surface area contributed by atoms with Crippen molar-refractivity contribution in [2.24, 2.45) is 0 Å². The molecule has 21 heavy (non-hydrogen) atoms. The zero-order valence-electron chi connectivity index (χ0n) is 12.8. The fourth-order valence-corrected chi connectivity index (χ4v) is 2.55. The summed E-state index contributed by atoms with van der Waals surface area (Å²) in [6.45, 7) is 5.19. The normalized spacial score (nSPS) is 10.4. The lowest BCUT2D eigenvalue weighted by molar-refractivity contribution is 0.949. The summed E-state index contributed by atoms with van der Waals surface area (Å²) in [5.74, 6) is 1.81. The second-order valence-electron chi connectivity index (χ2n) is 4.69. The molecule has 0 saturated heterocycles. The maximum absolute atomic E-state index is 4.40. The van der Waals surface area contributed by atoms with E-state index in [0.717, 1.165) is 42.3 Å². The van der Waals surface area contributed by atoms with Gasteiger partial charge >= 0.3 is 0 Å². The quantitative estimate of drug-likeness (QED) is 0.746. The van der Waals surface area contributed by atoms with Gasteiger partial charge in [0.2, 0.25) is 0 Å². The van der Waals surface area contributed by atoms with E-state index in [-0.39, 0.29) is 0 Å². The molecule has 4 nitrogen and oxygen atoms in total. The van der Waals surface area contributed by atoms with Crippen LogP contribution in [-0.4, -0.2) is 22.8 Å². The van der Waals surface area contributed by atoms with Gasteiger partial charge < -0.3 is 10.6 Å². The highest BCUT2D eigenvalue weighted by atomic mass is 32.2. The maximum Gasteiger partial charge on any atom is 0.139 e. The number of hydrogen-bond donors (Lipinski definition) is 2. The lowest BCUT2D eigenvalue weighted by Crippen LogP contribution is -2.08. The fourth-order valence-electron chi connectivity index (χ4n) is 2.09. The highest BCUT2D eigenvalue weighted by Gasteiger charge is 2.09. The summed E-state index contributed by atoms with van der Waals surface area (Å²) in [7, 11) is 0. The molecule has 2 aromatic rings. The van der Waals surface area contributed by atoms with E-state index < -0.39 is 0 Å². The molecule has 1 aromatic heterocycles. The molecule has 2 rings (SSSR count). The van der Waals surface area contributed by atoms with E-state index in [1.165, 1.54) is 4.90 Å². The Morgan fingerprint density at radius 2 is 1.95 bits per heavy atom. The highest BCUT2D eigenvalue weighted by Crippen LogP contribution is 2.26. The minimum absolute atomic E-state index is 0.879. The molecule has 0 radical (unpaired) electrons. The Kier molecular flexibility index (Phi) is 5.87. The van der Waals surface area contributed by atoms with Gasteiger partial charge in [-0.3, -0.25) is 0 Å². The number of rotatable bonds is 7. The van der Waals surface area contributed by atoms with Gasteiger partial charge in [0.25, 0.3) is 0 Å². The Morgan fingerprint density at radius 1 is 1.14 bits per heavy atom. The summed E-state index contributed by atoms with van der Waals surface area (Å²) in [6, 6.07) is 8.34. The van der Waals surface area contributed by atoms with E-state index >= 15 is 0 Å². The Morgan fingerprint density at radius 3 is 2.67 bits per heavy atom. The average Bonchev–Trinajstić information content (AvgIpc) is 2.53. The molecule has 0 aliphatic heterocycles. The van der Waals surface area contributed by atoms with Crippen molar-refractivity contribution in [2.45, 2.75) is 31.6 Å². The van der Waals surface area contributed by atoms with E-state index in [9.17, 15) is 0 Å². The Balaban J connectivity index is 2.26. The monoisotopic (exact) mass is 302 g/mol. The average molecular weight is 302 g/mol. The number of hydrogen-bond acceptors (Lipinski definition) is 5. The van der Waals surface area contributed by atoms with Crippen LogP contribution in [0.15, 0.2) is 35.5 Å². The van der Waals surface area contributed by atoms with E-state index in [0.29, 0.717) is 0 Å². The summed E-state index contributed by atoms with van der Waals surface area (Å²) in [6.07, 6.45) is 5.65. The number of benzene rings is 1. The van der Waals surface area contributed by atoms with Crippen LogP contribution in [0.2, 0.25) is 0 Å². The third-order valence-corrected chi connectivity index (χ3v) is 3.90. The topological polar surface area (TPSA) is 49.8 Å². The molecular formula is C16H22N4S. The molecule has 1 heterocycles. The maximum atomic E-state index is 4.40. The van der Waals surface area contributed by atoms with Crippen LogP contribution in [0.4, 0.5) is 17.3 Å². The van der Waals surface area contributed by atoms with Crippen molar-refractivity contribution < 1.29 is 0 Å². The summed E-state index contributed by atoms with van der Waals surface area (Å²) in [5.41, 5.74) is 2.18. The van der Waals surface area contributed by atoms with E-state index in [1.807, 2.05) is 0 Å². The van der Waals surface area contributed by atoms with Crippen molar-refractivity contribution in [3.63, 3.8) is 0 Å². The van der Waals surface area contributed by atoms with Gasteiger partial charge in [-0.25, -0.2) is 9.97 Å². The first-order valence-corrected chi connectivity index (χ1v) is 8.49. The van der Waals surface area contributed by atoms with E-state index in [4.69, 9.17) is 0 Å². The second kappa shape index (κ2) is 7.88. The minimum Gasteiger partial charge on any atom is -0.370 e. The molecule has 0 bridgehead atoms. The molecule has 5 heteroatoms. The van der Waals surface area contributed by atoms with Gasteiger partial charge in [0.1, 0.15) is 18.0 Å². The number of thioether (sulfide) groups is 1. The van der Waals surface area contributed by atoms with Gasteiger partial charge in [-0.15, -0.1) is 11.8 Å². The molecule has 1 aromatic carbocycles. The van der Waals surface area contributed by atoms with Crippen molar-refractivity contribution in [3.8, 4) is 0 Å². The van der Waals surface area contributed by atoms with Gasteiger partial charge in [-0.05, 0) is 37.3 Å². The fraction of sp³-hybridized carbons (Fsp3) is 0.375. The van der Waals surface area contributed by atoms with Gasteiger partial charge in [0, 0.05) is 22.7 Å². The molecule has 0 saturated carbocycles. The molecule has 0 aliphatic rings. The molecule has 0 fully saturated rings. The van der Waals surface area contributed by atoms with Crippen molar-refractivity contribution >= 4 is 29.1 Å². The Hall–Kier alpha value is -1.75. The van der Waals surface area contributed by atoms with Crippen LogP contribution in [-0.2, 0) is 6.42 Å². The van der Waals surface area contributed by atoms with Crippen LogP contribution < -0.4 is 10.6 Å². The molecule has 0 atom stereocenters. The Bertz CT molecular complexity index is 586. The standard InChI is InChI=1S/C16H22N4S/c1-4-9-17-15-14(5-2)16(19-11-18-15)20-12-7-6-8-13(10-12)21-3/h6-8,10-11H,4-5,9H2,1-3H3,(H2,17,18,19,20). The molecule has 0 unspecified atom stereocenters. The largest absolute Gasteiger partial charge is 0.370 e. The Labute approximate surface area is 130 Å². The van der Waals surface area contributed by atoms with Gasteiger partial charge in [0.15, 0.2) is 0 Å². The number of nitrogens with one attached hydrogen (secondary N) is 2. The van der Waals surface area contributed by atoms with Gasteiger partial charge in [-0.2, -0.15) is 0 Å². The van der Waals surface area contributed by atoms with Gasteiger partial charge in [0.05, 0.1) is 0 Å². The molecule has 2 N–H and O–H groups in total. The third-order valence-electron chi connectivity index (χ3n) is 3.17. The highest BCUT2D eigenvalue weighted by molar-refractivity contribution is 7.98. The predicted molar refractivity (Wildman–Crippen MR) is 91.7 cm³/mol. The first kappa shape index (κ1) is 15.6. The molecule has 0 spiro atoms. The second-order valence-corrected chi connectivity index (χ2v) is 5.57. The summed E-state index contributed by atoms with van der Waals surface area (Å²) in [5, 5.41) is 6.78. The smallest absolute Gasteiger partial charge is 0.139 e. The van der Waals surface area contributed by atoms with Crippen LogP contribution in [0.5, 0.6) is 0 Å². The van der Waals surface area contributed by atoms with Crippen LogP contribution >= 0.6 is 11.8 Å². The molecule has 112 valence electrons. The zero-order chi connectivity index (χ0) is 15.1. The summed E-state index contributed by atoms with van der Waals surface area (Å²) in [4.78, 5) is 9.99. The third kappa shape index (κ3) is 4.11. The van der Waals surface area contributed by atoms with Crippen LogP contribution in [0.3, 0.4) is 0 Å². The lowest BCUT2D eigenvalue weighted by atomic mass is 10.2. The summed E-state index contributed by atoms with van der Waals surface area (Å²) >= 11 is 1.73. The van der Waals surface area contributed by atoms with E-state index in [1.54, 1.807) is 18.1 Å². The van der Waals surface area contributed by atoms with Gasteiger partial charge in [-0.1, -0.05) is 19.9 Å². The number of nitrogens with zero attached hydrogens (tertiary/aromatic N) is 2. The lowest BCUT2D eigenvalue weighted by Gasteiger charge is -2.14. The number of anilines is 3. The van der Waals surface area contributed by atoms with Crippen molar-refractivity contribution in [1.82, 2.24) is 9.97 Å². The number of aromatic nitrogens is 2. The van der Waals surface area contributed by atoms with Crippen LogP contribution in [0, 0.1) is 0 Å². The van der Waals surface area contributed by atoms with Crippen molar-refractivity contribution in [2.75, 3.05) is 23.4 Å². The minimum atomic E-state index is 0.879. The summed E-state index contributed by atoms with van der Waals surface area (Å²) < 4.78 is 0. The molecule has 0 amide bonds. The van der Waals surface area contributed by atoms with Crippen LogP contribution in [0.25, 0.3) is 0 Å².